The number of anilines is 1. The molecule has 0 fully saturated rings. The standard InChI is InChI=1S/C16H14N6O/c1-12-9-15(19-16(23)21-8-2-7-18-11-21)22(20-12)14-5-3-13(10-17)4-6-14/h2-9H,11H2,1H3,(H,19,23). The number of amides is 2. The summed E-state index contributed by atoms with van der Waals surface area (Å²) in [5.74, 6) is 0.556. The average Bonchev–Trinajstić information content (AvgIpc) is 2.96. The van der Waals surface area contributed by atoms with Gasteiger partial charge in [0.1, 0.15) is 12.5 Å². The van der Waals surface area contributed by atoms with Crippen LogP contribution in [0.4, 0.5) is 10.6 Å². The van der Waals surface area contributed by atoms with Crippen LogP contribution in [0.5, 0.6) is 0 Å². The summed E-state index contributed by atoms with van der Waals surface area (Å²) in [7, 11) is 0. The highest BCUT2D eigenvalue weighted by atomic mass is 16.2. The van der Waals surface area contributed by atoms with E-state index >= 15 is 0 Å². The zero-order chi connectivity index (χ0) is 16.2. The summed E-state index contributed by atoms with van der Waals surface area (Å²) in [5.41, 5.74) is 2.11. The van der Waals surface area contributed by atoms with Gasteiger partial charge in [0.05, 0.1) is 23.0 Å². The molecule has 2 amide bonds. The van der Waals surface area contributed by atoms with Crippen LogP contribution in [-0.4, -0.2) is 33.6 Å². The maximum atomic E-state index is 12.3. The lowest BCUT2D eigenvalue weighted by Gasteiger charge is -2.18. The average molecular weight is 306 g/mol. The fraction of sp³-hybridized carbons (Fsp3) is 0.125. The molecule has 1 aliphatic heterocycles. The molecular formula is C16H14N6O. The highest BCUT2D eigenvalue weighted by Gasteiger charge is 2.15. The van der Waals surface area contributed by atoms with E-state index in [0.717, 1.165) is 11.4 Å². The molecule has 0 bridgehead atoms. The molecule has 0 saturated heterocycles. The molecule has 23 heavy (non-hydrogen) atoms. The van der Waals surface area contributed by atoms with Crippen LogP contribution < -0.4 is 5.32 Å². The quantitative estimate of drug-likeness (QED) is 0.924. The van der Waals surface area contributed by atoms with Crippen molar-refractivity contribution in [1.29, 1.82) is 5.26 Å². The number of hydrogen-bond donors (Lipinski definition) is 1. The second-order valence-electron chi connectivity index (χ2n) is 4.96. The van der Waals surface area contributed by atoms with Gasteiger partial charge in [-0.05, 0) is 37.3 Å². The minimum absolute atomic E-state index is 0.284. The highest BCUT2D eigenvalue weighted by molar-refractivity contribution is 5.90. The van der Waals surface area contributed by atoms with Crippen LogP contribution in [0.3, 0.4) is 0 Å². The number of aryl methyl sites for hydroxylation is 1. The summed E-state index contributed by atoms with van der Waals surface area (Å²) < 4.78 is 1.63. The third kappa shape index (κ3) is 3.11. The van der Waals surface area contributed by atoms with E-state index in [-0.39, 0.29) is 12.7 Å². The Balaban J connectivity index is 1.85. The second-order valence-corrected chi connectivity index (χ2v) is 4.96. The Morgan fingerprint density at radius 2 is 2.13 bits per heavy atom. The van der Waals surface area contributed by atoms with Crippen molar-refractivity contribution >= 4 is 18.1 Å². The number of carbonyl (C=O) groups excluding carboxylic acids is 1. The van der Waals surface area contributed by atoms with Gasteiger partial charge in [0.25, 0.3) is 0 Å². The molecule has 0 saturated carbocycles. The van der Waals surface area contributed by atoms with Crippen molar-refractivity contribution in [2.75, 3.05) is 12.0 Å². The molecule has 0 radical (unpaired) electrons. The highest BCUT2D eigenvalue weighted by Crippen LogP contribution is 2.18. The molecule has 2 heterocycles. The third-order valence-electron chi connectivity index (χ3n) is 3.26. The molecule has 1 aromatic carbocycles. The molecule has 0 aliphatic carbocycles. The van der Waals surface area contributed by atoms with Crippen molar-refractivity contribution in [3.63, 3.8) is 0 Å². The number of aromatic nitrogens is 2. The normalized spacial score (nSPS) is 13.0. The fourth-order valence-corrected chi connectivity index (χ4v) is 2.16. The van der Waals surface area contributed by atoms with E-state index in [0.29, 0.717) is 11.4 Å². The van der Waals surface area contributed by atoms with E-state index in [9.17, 15) is 4.79 Å². The first-order chi connectivity index (χ1) is 11.2. The van der Waals surface area contributed by atoms with Crippen LogP contribution in [0, 0.1) is 18.3 Å². The first-order valence-corrected chi connectivity index (χ1v) is 6.99. The Morgan fingerprint density at radius 1 is 1.35 bits per heavy atom. The molecule has 1 aromatic heterocycles. The van der Waals surface area contributed by atoms with Crippen LogP contribution in [0.15, 0.2) is 47.6 Å². The molecule has 0 atom stereocenters. The number of allylic oxidation sites excluding steroid dienone is 1. The summed E-state index contributed by atoms with van der Waals surface area (Å²) in [6.07, 6.45) is 5.01. The molecule has 1 N–H and O–H groups in total. The number of carbonyl (C=O) groups is 1. The predicted octanol–water partition coefficient (Wildman–Crippen LogP) is 2.44. The van der Waals surface area contributed by atoms with Crippen molar-refractivity contribution in [2.24, 2.45) is 4.99 Å². The van der Waals surface area contributed by atoms with Crippen molar-refractivity contribution in [3.05, 3.63) is 53.9 Å². The van der Waals surface area contributed by atoms with Crippen LogP contribution >= 0.6 is 0 Å². The number of rotatable bonds is 2. The van der Waals surface area contributed by atoms with E-state index in [1.807, 2.05) is 6.92 Å². The first kappa shape index (κ1) is 14.5. The van der Waals surface area contributed by atoms with Crippen LogP contribution in [0.1, 0.15) is 11.3 Å². The zero-order valence-corrected chi connectivity index (χ0v) is 12.5. The SMILES string of the molecule is Cc1cc(NC(=O)N2C=CC=NC2)n(-c2ccc(C#N)cc2)n1. The van der Waals surface area contributed by atoms with Gasteiger partial charge in [-0.15, -0.1) is 0 Å². The molecule has 7 heteroatoms. The molecular weight excluding hydrogens is 292 g/mol. The summed E-state index contributed by atoms with van der Waals surface area (Å²) in [4.78, 5) is 17.8. The third-order valence-corrected chi connectivity index (χ3v) is 3.26. The topological polar surface area (TPSA) is 86.3 Å². The van der Waals surface area contributed by atoms with Crippen molar-refractivity contribution in [2.45, 2.75) is 6.92 Å². The monoisotopic (exact) mass is 306 g/mol. The number of hydrogen-bond acceptors (Lipinski definition) is 4. The molecule has 114 valence electrons. The van der Waals surface area contributed by atoms with Gasteiger partial charge in [-0.2, -0.15) is 10.4 Å². The minimum atomic E-state index is -0.284. The Hall–Kier alpha value is -3.40. The Bertz CT molecular complexity index is 825. The van der Waals surface area contributed by atoms with Crippen LogP contribution in [0.25, 0.3) is 5.69 Å². The van der Waals surface area contributed by atoms with Crippen molar-refractivity contribution in [3.8, 4) is 11.8 Å². The first-order valence-electron chi connectivity index (χ1n) is 6.99. The lowest BCUT2D eigenvalue weighted by molar-refractivity contribution is 0.229. The van der Waals surface area contributed by atoms with E-state index in [1.54, 1.807) is 53.5 Å². The van der Waals surface area contributed by atoms with Crippen LogP contribution in [-0.2, 0) is 0 Å². The smallest absolute Gasteiger partial charge is 0.292 e. The largest absolute Gasteiger partial charge is 0.328 e. The maximum absolute atomic E-state index is 12.3. The predicted molar refractivity (Wildman–Crippen MR) is 86.4 cm³/mol. The molecule has 0 unspecified atom stereocenters. The van der Waals surface area contributed by atoms with E-state index in [1.165, 1.54) is 4.90 Å². The van der Waals surface area contributed by atoms with Gasteiger partial charge in [0.2, 0.25) is 0 Å². The van der Waals surface area contributed by atoms with Gasteiger partial charge in [-0.3, -0.25) is 15.2 Å². The summed E-state index contributed by atoms with van der Waals surface area (Å²) in [6, 6.07) is 10.6. The van der Waals surface area contributed by atoms with E-state index < -0.39 is 0 Å². The lowest BCUT2D eigenvalue weighted by atomic mass is 10.2. The molecule has 2 aromatic rings. The Kier molecular flexibility index (Phi) is 3.89. The maximum Gasteiger partial charge on any atom is 0.328 e. The number of nitriles is 1. The Labute approximate surface area is 133 Å². The minimum Gasteiger partial charge on any atom is -0.292 e. The summed E-state index contributed by atoms with van der Waals surface area (Å²) in [6.45, 7) is 2.13. The van der Waals surface area contributed by atoms with Crippen molar-refractivity contribution < 1.29 is 4.79 Å². The van der Waals surface area contributed by atoms with Gasteiger partial charge in [0, 0.05) is 18.5 Å². The van der Waals surface area contributed by atoms with E-state index in [4.69, 9.17) is 5.26 Å². The van der Waals surface area contributed by atoms with Gasteiger partial charge < -0.3 is 0 Å². The lowest BCUT2D eigenvalue weighted by Crippen LogP contribution is -2.32. The van der Waals surface area contributed by atoms with Gasteiger partial charge >= 0.3 is 6.03 Å². The second kappa shape index (κ2) is 6.15. The number of nitrogens with one attached hydrogen (secondary N) is 1. The van der Waals surface area contributed by atoms with Crippen LogP contribution in [0.2, 0.25) is 0 Å². The number of urea groups is 1. The number of benzene rings is 1. The number of nitrogens with zero attached hydrogens (tertiary/aromatic N) is 5. The van der Waals surface area contributed by atoms with Gasteiger partial charge in [-0.25, -0.2) is 9.48 Å². The zero-order valence-electron chi connectivity index (χ0n) is 12.5. The summed E-state index contributed by atoms with van der Waals surface area (Å²) >= 11 is 0. The molecule has 7 nitrogen and oxygen atoms in total. The summed E-state index contributed by atoms with van der Waals surface area (Å²) in [5, 5.41) is 16.1. The van der Waals surface area contributed by atoms with Gasteiger partial charge in [0.15, 0.2) is 0 Å². The fourth-order valence-electron chi connectivity index (χ4n) is 2.16. The molecule has 0 spiro atoms. The van der Waals surface area contributed by atoms with Crippen molar-refractivity contribution in [1.82, 2.24) is 14.7 Å². The number of aliphatic imine (C=N–C) groups is 1. The van der Waals surface area contributed by atoms with E-state index in [2.05, 4.69) is 21.5 Å². The van der Waals surface area contributed by atoms with Gasteiger partial charge in [-0.1, -0.05) is 0 Å². The molecule has 1 aliphatic rings. The molecule has 3 rings (SSSR count). The Morgan fingerprint density at radius 3 is 2.78 bits per heavy atom.